The molecular weight excluding hydrogens is 667 g/mol. The van der Waals surface area contributed by atoms with Gasteiger partial charge in [0.15, 0.2) is 0 Å². The number of hydrogen-bond donors (Lipinski definition) is 0. The van der Waals surface area contributed by atoms with Crippen molar-refractivity contribution in [1.82, 2.24) is 9.55 Å². The number of rotatable bonds is 4. The van der Waals surface area contributed by atoms with Crippen molar-refractivity contribution in [3.8, 4) is 45.3 Å². The van der Waals surface area contributed by atoms with Gasteiger partial charge in [0, 0.05) is 39.2 Å². The van der Waals surface area contributed by atoms with Crippen LogP contribution >= 0.6 is 0 Å². The number of benzene rings is 10. The SMILES string of the molecule is N#Cc1ccc2c3c1ccc1c(-c4ccc(-c5cc6ccc7cc(-c8cccc9ccccc89)cc8ccc(c5)c6c78)nc4)ccc(c13)n2-c1ccccc1. The van der Waals surface area contributed by atoms with E-state index in [1.165, 1.54) is 59.6 Å². The Morgan fingerprint density at radius 1 is 0.418 bits per heavy atom. The zero-order valence-corrected chi connectivity index (χ0v) is 29.6. The lowest BCUT2D eigenvalue weighted by Gasteiger charge is -2.15. The predicted molar refractivity (Wildman–Crippen MR) is 230 cm³/mol. The maximum Gasteiger partial charge on any atom is 0.0998 e. The molecule has 0 saturated carbocycles. The van der Waals surface area contributed by atoms with Crippen LogP contribution in [-0.4, -0.2) is 9.55 Å². The second kappa shape index (κ2) is 11.2. The summed E-state index contributed by atoms with van der Waals surface area (Å²) in [5, 5.41) is 24.5. The highest BCUT2D eigenvalue weighted by molar-refractivity contribution is 6.28. The molecule has 2 aromatic heterocycles. The van der Waals surface area contributed by atoms with Crippen molar-refractivity contribution >= 4 is 75.7 Å². The fourth-order valence-corrected chi connectivity index (χ4v) is 9.30. The molecule has 10 aromatic carbocycles. The maximum absolute atomic E-state index is 9.99. The van der Waals surface area contributed by atoms with Gasteiger partial charge >= 0.3 is 0 Å². The molecule has 3 nitrogen and oxygen atoms in total. The van der Waals surface area contributed by atoms with Gasteiger partial charge in [0.25, 0.3) is 0 Å². The Kier molecular flexibility index (Phi) is 6.12. The van der Waals surface area contributed by atoms with Gasteiger partial charge in [-0.05, 0) is 126 Å². The van der Waals surface area contributed by atoms with Gasteiger partial charge in [-0.3, -0.25) is 4.98 Å². The fraction of sp³-hybridized carbons (Fsp3) is 0. The van der Waals surface area contributed by atoms with Gasteiger partial charge in [-0.25, -0.2) is 0 Å². The molecule has 0 radical (unpaired) electrons. The first-order chi connectivity index (χ1) is 27.2. The number of nitrogens with zero attached hydrogens (tertiary/aromatic N) is 3. The first-order valence-corrected chi connectivity index (χ1v) is 18.7. The summed E-state index contributed by atoms with van der Waals surface area (Å²) < 4.78 is 2.31. The molecule has 0 spiro atoms. The lowest BCUT2D eigenvalue weighted by atomic mass is 9.89. The third-order valence-corrected chi connectivity index (χ3v) is 11.7. The standard InChI is InChI=1S/C52H29N3/c53-29-36-18-23-47-51-44(36)19-20-45-43(21-24-48(52(45)51)55(47)40-9-2-1-3-10-40)37-17-22-46(54-30-37)39-27-34-15-13-32-25-38(26-33-14-16-35(28-39)50(34)49(32)33)42-12-6-8-31-7-4-5-11-41(31)42/h1-28,30H. The van der Waals surface area contributed by atoms with Gasteiger partial charge < -0.3 is 4.57 Å². The first kappa shape index (κ1) is 30.0. The van der Waals surface area contributed by atoms with Crippen molar-refractivity contribution in [2.45, 2.75) is 0 Å². The summed E-state index contributed by atoms with van der Waals surface area (Å²) in [5.74, 6) is 0. The summed E-state index contributed by atoms with van der Waals surface area (Å²) in [7, 11) is 0. The van der Waals surface area contributed by atoms with Crippen LogP contribution in [0, 0.1) is 11.3 Å². The van der Waals surface area contributed by atoms with Crippen LogP contribution in [0.4, 0.5) is 0 Å². The van der Waals surface area contributed by atoms with Crippen LogP contribution in [0.3, 0.4) is 0 Å². The van der Waals surface area contributed by atoms with Crippen molar-refractivity contribution in [3.63, 3.8) is 0 Å². The van der Waals surface area contributed by atoms with E-state index in [2.05, 4.69) is 168 Å². The van der Waals surface area contributed by atoms with Gasteiger partial charge in [-0.2, -0.15) is 5.26 Å². The van der Waals surface area contributed by atoms with Crippen LogP contribution < -0.4 is 0 Å². The van der Waals surface area contributed by atoms with Gasteiger partial charge in [0.2, 0.25) is 0 Å². The zero-order chi connectivity index (χ0) is 36.2. The minimum absolute atomic E-state index is 0.692. The van der Waals surface area contributed by atoms with Crippen LogP contribution in [0.25, 0.3) is 115 Å². The monoisotopic (exact) mass is 695 g/mol. The Balaban J connectivity index is 0.962. The topological polar surface area (TPSA) is 41.6 Å². The van der Waals surface area contributed by atoms with Crippen molar-refractivity contribution in [1.29, 1.82) is 5.26 Å². The highest BCUT2D eigenvalue weighted by Crippen LogP contribution is 2.44. The molecule has 0 aliphatic carbocycles. The van der Waals surface area contributed by atoms with E-state index in [4.69, 9.17) is 4.98 Å². The highest BCUT2D eigenvalue weighted by Gasteiger charge is 2.21. The van der Waals surface area contributed by atoms with Crippen LogP contribution in [0.2, 0.25) is 0 Å². The van der Waals surface area contributed by atoms with E-state index in [-0.39, 0.29) is 0 Å². The second-order valence-electron chi connectivity index (χ2n) is 14.6. The minimum Gasteiger partial charge on any atom is -0.309 e. The number of para-hydroxylation sites is 1. The molecule has 0 bridgehead atoms. The van der Waals surface area contributed by atoms with Crippen LogP contribution in [0.1, 0.15) is 5.56 Å². The van der Waals surface area contributed by atoms with Gasteiger partial charge in [-0.15, -0.1) is 0 Å². The van der Waals surface area contributed by atoms with Crippen molar-refractivity contribution in [2.75, 3.05) is 0 Å². The third kappa shape index (κ3) is 4.28. The first-order valence-electron chi connectivity index (χ1n) is 18.7. The normalized spacial score (nSPS) is 12.0. The molecular formula is C52H29N3. The van der Waals surface area contributed by atoms with E-state index in [1.54, 1.807) is 0 Å². The van der Waals surface area contributed by atoms with Crippen molar-refractivity contribution in [3.05, 3.63) is 182 Å². The molecule has 0 fully saturated rings. The van der Waals surface area contributed by atoms with E-state index in [1.807, 2.05) is 18.3 Å². The quantitative estimate of drug-likeness (QED) is 0.172. The van der Waals surface area contributed by atoms with Crippen molar-refractivity contribution < 1.29 is 0 Å². The fourth-order valence-electron chi connectivity index (χ4n) is 9.30. The number of fused-ring (bicyclic) bond motifs is 1. The van der Waals surface area contributed by atoms with E-state index >= 15 is 0 Å². The molecule has 12 rings (SSSR count). The molecule has 3 heteroatoms. The summed E-state index contributed by atoms with van der Waals surface area (Å²) in [6.07, 6.45) is 2.01. The average molecular weight is 696 g/mol. The number of pyridine rings is 1. The van der Waals surface area contributed by atoms with E-state index < -0.39 is 0 Å². The smallest absolute Gasteiger partial charge is 0.0998 e. The molecule has 0 saturated heterocycles. The Bertz CT molecular complexity index is 3460. The van der Waals surface area contributed by atoms with Crippen LogP contribution in [-0.2, 0) is 0 Å². The van der Waals surface area contributed by atoms with Gasteiger partial charge in [0.1, 0.15) is 0 Å². The Morgan fingerprint density at radius 2 is 1.04 bits per heavy atom. The molecule has 12 aromatic rings. The van der Waals surface area contributed by atoms with Gasteiger partial charge in [0.05, 0.1) is 28.4 Å². The van der Waals surface area contributed by atoms with E-state index in [9.17, 15) is 5.26 Å². The number of nitriles is 1. The molecule has 0 unspecified atom stereocenters. The average Bonchev–Trinajstić information content (AvgIpc) is 3.59. The lowest BCUT2D eigenvalue weighted by molar-refractivity contribution is 1.18. The summed E-state index contributed by atoms with van der Waals surface area (Å²) in [6.45, 7) is 0. The lowest BCUT2D eigenvalue weighted by Crippen LogP contribution is -1.93. The van der Waals surface area contributed by atoms with Gasteiger partial charge in [-0.1, -0.05) is 109 Å². The van der Waals surface area contributed by atoms with Crippen LogP contribution in [0.15, 0.2) is 176 Å². The highest BCUT2D eigenvalue weighted by atomic mass is 15.0. The zero-order valence-electron chi connectivity index (χ0n) is 29.6. The molecule has 252 valence electrons. The second-order valence-corrected chi connectivity index (χ2v) is 14.6. The summed E-state index contributed by atoms with van der Waals surface area (Å²) in [4.78, 5) is 5.07. The Morgan fingerprint density at radius 3 is 1.75 bits per heavy atom. The molecule has 2 heterocycles. The summed E-state index contributed by atoms with van der Waals surface area (Å²) in [5.41, 5.74) is 10.8. The molecule has 0 aliphatic rings. The minimum atomic E-state index is 0.692. The molecule has 55 heavy (non-hydrogen) atoms. The Labute approximate surface area is 316 Å². The summed E-state index contributed by atoms with van der Waals surface area (Å²) >= 11 is 0. The molecule has 0 N–H and O–H groups in total. The van der Waals surface area contributed by atoms with Crippen molar-refractivity contribution in [2.24, 2.45) is 0 Å². The third-order valence-electron chi connectivity index (χ3n) is 11.7. The number of hydrogen-bond acceptors (Lipinski definition) is 2. The largest absolute Gasteiger partial charge is 0.309 e. The maximum atomic E-state index is 9.99. The van der Waals surface area contributed by atoms with E-state index in [0.717, 1.165) is 55.3 Å². The predicted octanol–water partition coefficient (Wildman–Crippen LogP) is 13.7. The van der Waals surface area contributed by atoms with E-state index in [0.29, 0.717) is 5.56 Å². The summed E-state index contributed by atoms with van der Waals surface area (Å²) in [6, 6.07) is 63.5. The molecule has 0 amide bonds. The molecule has 0 aliphatic heterocycles. The number of aromatic nitrogens is 2. The Hall–Kier alpha value is -7.54. The molecule has 0 atom stereocenters. The van der Waals surface area contributed by atoms with Crippen LogP contribution in [0.5, 0.6) is 0 Å².